The molecule has 1 saturated heterocycles. The number of nitrogens with zero attached hydrogens (tertiary/aromatic N) is 1. The van der Waals surface area contributed by atoms with Crippen LogP contribution < -0.4 is 10.2 Å². The molecule has 1 N–H and O–H groups in total. The zero-order chi connectivity index (χ0) is 18.4. The summed E-state index contributed by atoms with van der Waals surface area (Å²) in [5, 5.41) is 3.65. The fourth-order valence-corrected chi connectivity index (χ4v) is 4.17. The fourth-order valence-electron chi connectivity index (χ4n) is 4.17. The third kappa shape index (κ3) is 6.31. The Kier molecular flexibility index (Phi) is 7.33. The van der Waals surface area contributed by atoms with E-state index in [0.29, 0.717) is 0 Å². The molecule has 0 aliphatic carbocycles. The second-order valence-corrected chi connectivity index (χ2v) is 8.80. The van der Waals surface area contributed by atoms with Crippen LogP contribution in [-0.4, -0.2) is 32.8 Å². The molecule has 1 aromatic rings. The molecular weight excluding hydrogens is 308 g/mol. The molecule has 1 heterocycles. The van der Waals surface area contributed by atoms with Gasteiger partial charge in [-0.25, -0.2) is 0 Å². The summed E-state index contributed by atoms with van der Waals surface area (Å²) in [6.45, 7) is 12.2. The summed E-state index contributed by atoms with van der Waals surface area (Å²) in [6, 6.07) is 8.84. The Morgan fingerprint density at radius 3 is 2.44 bits per heavy atom. The first-order chi connectivity index (χ1) is 11.8. The minimum Gasteiger partial charge on any atom is -0.378 e. The van der Waals surface area contributed by atoms with Crippen LogP contribution in [-0.2, 0) is 11.3 Å². The zero-order valence-corrected chi connectivity index (χ0v) is 17.1. The van der Waals surface area contributed by atoms with Gasteiger partial charge in [-0.1, -0.05) is 26.0 Å². The second-order valence-electron chi connectivity index (χ2n) is 8.80. The van der Waals surface area contributed by atoms with E-state index in [9.17, 15) is 0 Å². The number of benzene rings is 1. The van der Waals surface area contributed by atoms with Crippen LogP contribution in [0.5, 0.6) is 0 Å². The van der Waals surface area contributed by atoms with E-state index >= 15 is 0 Å². The molecule has 25 heavy (non-hydrogen) atoms. The van der Waals surface area contributed by atoms with E-state index in [1.807, 2.05) is 0 Å². The predicted octanol–water partition coefficient (Wildman–Crippen LogP) is 4.71. The van der Waals surface area contributed by atoms with Gasteiger partial charge in [0.2, 0.25) is 0 Å². The van der Waals surface area contributed by atoms with E-state index < -0.39 is 0 Å². The second kappa shape index (κ2) is 9.05. The maximum Gasteiger partial charge on any atom is 0.0629 e. The van der Waals surface area contributed by atoms with E-state index in [4.69, 9.17) is 4.74 Å². The largest absolute Gasteiger partial charge is 0.378 e. The first kappa shape index (κ1) is 20.3. The molecule has 0 saturated carbocycles. The van der Waals surface area contributed by atoms with Crippen LogP contribution in [0.15, 0.2) is 24.3 Å². The molecule has 2 rings (SSSR count). The highest BCUT2D eigenvalue weighted by molar-refractivity contribution is 5.45. The van der Waals surface area contributed by atoms with Crippen molar-refractivity contribution in [3.05, 3.63) is 29.8 Å². The van der Waals surface area contributed by atoms with E-state index in [1.54, 1.807) is 0 Å². The van der Waals surface area contributed by atoms with Crippen molar-refractivity contribution in [2.45, 2.75) is 59.1 Å². The minimum atomic E-state index is 0.0532. The number of rotatable bonds is 8. The molecular formula is C22H38N2O. The predicted molar refractivity (Wildman–Crippen MR) is 108 cm³/mol. The Bertz CT molecular complexity index is 507. The van der Waals surface area contributed by atoms with Gasteiger partial charge in [-0.2, -0.15) is 0 Å². The number of hydrogen-bond donors (Lipinski definition) is 1. The standard InChI is InChI=1S/C22H38N2O/c1-17(2)21(19-12-14-25-22(3,4)15-19)11-13-23-16-18-7-9-20(10-8-18)24(5)6/h7-10,17,19,21,23H,11-16H2,1-6H3/t19-,21+/m0/s1. The average Bonchev–Trinajstić information content (AvgIpc) is 2.53. The Balaban J connectivity index is 1.79. The summed E-state index contributed by atoms with van der Waals surface area (Å²) in [5.74, 6) is 2.32. The number of nitrogens with one attached hydrogen (secondary N) is 1. The molecule has 1 aromatic carbocycles. The molecule has 0 amide bonds. The maximum atomic E-state index is 5.92. The molecule has 0 bridgehead atoms. The van der Waals surface area contributed by atoms with E-state index in [-0.39, 0.29) is 5.60 Å². The van der Waals surface area contributed by atoms with E-state index in [2.05, 4.69) is 76.3 Å². The molecule has 0 unspecified atom stereocenters. The summed E-state index contributed by atoms with van der Waals surface area (Å²) in [6.07, 6.45) is 3.67. The highest BCUT2D eigenvalue weighted by atomic mass is 16.5. The van der Waals surface area contributed by atoms with Gasteiger partial charge in [0.05, 0.1) is 5.60 Å². The van der Waals surface area contributed by atoms with Crippen LogP contribution in [0.4, 0.5) is 5.69 Å². The first-order valence-corrected chi connectivity index (χ1v) is 9.89. The highest BCUT2D eigenvalue weighted by Gasteiger charge is 2.34. The average molecular weight is 347 g/mol. The molecule has 1 aliphatic rings. The summed E-state index contributed by atoms with van der Waals surface area (Å²) < 4.78 is 5.92. The molecule has 142 valence electrons. The topological polar surface area (TPSA) is 24.5 Å². The quantitative estimate of drug-likeness (QED) is 0.690. The van der Waals surface area contributed by atoms with Crippen molar-refractivity contribution in [1.82, 2.24) is 5.32 Å². The number of anilines is 1. The third-order valence-corrected chi connectivity index (χ3v) is 5.63. The molecule has 3 heteroatoms. The molecule has 0 aromatic heterocycles. The molecule has 0 radical (unpaired) electrons. The SMILES string of the molecule is CC(C)[C@@H](CCNCc1ccc(N(C)C)cc1)[C@H]1CCOC(C)(C)C1. The first-order valence-electron chi connectivity index (χ1n) is 9.89. The van der Waals surface area contributed by atoms with Crippen LogP contribution in [0.1, 0.15) is 52.5 Å². The lowest BCUT2D eigenvalue weighted by Crippen LogP contribution is -2.38. The molecule has 1 fully saturated rings. The fraction of sp³-hybridized carbons (Fsp3) is 0.727. The third-order valence-electron chi connectivity index (χ3n) is 5.63. The van der Waals surface area contributed by atoms with Gasteiger partial charge in [0.15, 0.2) is 0 Å². The van der Waals surface area contributed by atoms with Crippen molar-refractivity contribution in [3.63, 3.8) is 0 Å². The van der Waals surface area contributed by atoms with Crippen molar-refractivity contribution in [2.24, 2.45) is 17.8 Å². The van der Waals surface area contributed by atoms with Gasteiger partial charge in [-0.15, -0.1) is 0 Å². The van der Waals surface area contributed by atoms with Gasteiger partial charge < -0.3 is 15.0 Å². The highest BCUT2D eigenvalue weighted by Crippen LogP contribution is 2.37. The summed E-state index contributed by atoms with van der Waals surface area (Å²) in [7, 11) is 4.16. The summed E-state index contributed by atoms with van der Waals surface area (Å²) in [4.78, 5) is 2.14. The van der Waals surface area contributed by atoms with Crippen LogP contribution in [0.25, 0.3) is 0 Å². The monoisotopic (exact) mass is 346 g/mol. The Hall–Kier alpha value is -1.06. The molecule has 0 spiro atoms. The smallest absolute Gasteiger partial charge is 0.0629 e. The Morgan fingerprint density at radius 2 is 1.88 bits per heavy atom. The lowest BCUT2D eigenvalue weighted by molar-refractivity contribution is -0.0867. The lowest BCUT2D eigenvalue weighted by Gasteiger charge is -2.40. The number of hydrogen-bond acceptors (Lipinski definition) is 3. The van der Waals surface area contributed by atoms with Gasteiger partial charge in [0, 0.05) is 32.9 Å². The van der Waals surface area contributed by atoms with Crippen LogP contribution in [0.3, 0.4) is 0 Å². The summed E-state index contributed by atoms with van der Waals surface area (Å²) in [5.41, 5.74) is 2.67. The van der Waals surface area contributed by atoms with E-state index in [0.717, 1.165) is 37.5 Å². The van der Waals surface area contributed by atoms with Gasteiger partial charge in [0.25, 0.3) is 0 Å². The van der Waals surface area contributed by atoms with Gasteiger partial charge in [0.1, 0.15) is 0 Å². The minimum absolute atomic E-state index is 0.0532. The zero-order valence-electron chi connectivity index (χ0n) is 17.1. The lowest BCUT2D eigenvalue weighted by atomic mass is 9.73. The van der Waals surface area contributed by atoms with Gasteiger partial charge >= 0.3 is 0 Å². The Morgan fingerprint density at radius 1 is 1.20 bits per heavy atom. The number of ether oxygens (including phenoxy) is 1. The maximum absolute atomic E-state index is 5.92. The van der Waals surface area contributed by atoms with Crippen molar-refractivity contribution in [3.8, 4) is 0 Å². The normalized spacial score (nSPS) is 21.3. The van der Waals surface area contributed by atoms with Crippen LogP contribution >= 0.6 is 0 Å². The van der Waals surface area contributed by atoms with Crippen molar-refractivity contribution < 1.29 is 4.74 Å². The molecule has 3 nitrogen and oxygen atoms in total. The van der Waals surface area contributed by atoms with Crippen molar-refractivity contribution in [2.75, 3.05) is 32.1 Å². The molecule has 1 aliphatic heterocycles. The van der Waals surface area contributed by atoms with Crippen molar-refractivity contribution in [1.29, 1.82) is 0 Å². The van der Waals surface area contributed by atoms with Crippen LogP contribution in [0, 0.1) is 17.8 Å². The molecule has 2 atom stereocenters. The van der Waals surface area contributed by atoms with Crippen LogP contribution in [0.2, 0.25) is 0 Å². The van der Waals surface area contributed by atoms with Crippen molar-refractivity contribution >= 4 is 5.69 Å². The Labute approximate surface area is 155 Å². The van der Waals surface area contributed by atoms with E-state index in [1.165, 1.54) is 30.5 Å². The van der Waals surface area contributed by atoms with Gasteiger partial charge in [-0.05, 0) is 75.1 Å². The van der Waals surface area contributed by atoms with Gasteiger partial charge in [-0.3, -0.25) is 0 Å². The summed E-state index contributed by atoms with van der Waals surface area (Å²) >= 11 is 0.